The Bertz CT molecular complexity index is 1320. The van der Waals surface area contributed by atoms with Crippen molar-refractivity contribution >= 4 is 39.7 Å². The highest BCUT2D eigenvalue weighted by Gasteiger charge is 2.29. The van der Waals surface area contributed by atoms with Crippen LogP contribution in [0.25, 0.3) is 21.9 Å². The maximum absolute atomic E-state index is 13.0. The molecule has 0 aliphatic carbocycles. The van der Waals surface area contributed by atoms with E-state index in [1.165, 1.54) is 0 Å². The van der Waals surface area contributed by atoms with E-state index in [1.807, 2.05) is 65.4 Å². The summed E-state index contributed by atoms with van der Waals surface area (Å²) in [5.41, 5.74) is 3.88. The van der Waals surface area contributed by atoms with Crippen LogP contribution in [-0.4, -0.2) is 32.0 Å². The van der Waals surface area contributed by atoms with E-state index in [-0.39, 0.29) is 23.9 Å². The zero-order valence-corrected chi connectivity index (χ0v) is 17.1. The molecule has 1 aliphatic rings. The molecule has 0 bridgehead atoms. The number of aryl methyl sites for hydroxylation is 1. The van der Waals surface area contributed by atoms with Gasteiger partial charge in [-0.05, 0) is 51.1 Å². The second-order valence-corrected chi connectivity index (χ2v) is 7.80. The molecule has 0 saturated carbocycles. The van der Waals surface area contributed by atoms with Gasteiger partial charge in [-0.15, -0.1) is 0 Å². The lowest BCUT2D eigenvalue weighted by atomic mass is 10.1. The normalized spacial score (nSPS) is 18.4. The Morgan fingerprint density at radius 2 is 1.93 bits per heavy atom. The molecule has 0 radical (unpaired) electrons. The molecule has 0 saturated heterocycles. The van der Waals surface area contributed by atoms with Gasteiger partial charge in [0.05, 0.1) is 17.1 Å². The van der Waals surface area contributed by atoms with E-state index in [0.717, 1.165) is 21.9 Å². The molecule has 2 aromatic heterocycles. The molecule has 1 aliphatic heterocycles. The Hall–Kier alpha value is -3.61. The average Bonchev–Trinajstić information content (AvgIpc) is 3.29. The molecular formula is C23H23N5O2. The fourth-order valence-electron chi connectivity index (χ4n) is 4.27. The SMILES string of the molecule is CCn1c(NC(=O)c2ccc3cc4n(c3c2)[C@H](C)[C@H](C)NC4=O)nc2ccccc21. The summed E-state index contributed by atoms with van der Waals surface area (Å²) in [6.07, 6.45) is 0. The van der Waals surface area contributed by atoms with Crippen molar-refractivity contribution < 1.29 is 9.59 Å². The molecule has 3 heterocycles. The summed E-state index contributed by atoms with van der Waals surface area (Å²) in [5, 5.41) is 6.89. The topological polar surface area (TPSA) is 81.0 Å². The van der Waals surface area contributed by atoms with Crippen LogP contribution in [0.1, 0.15) is 47.7 Å². The number of hydrogen-bond acceptors (Lipinski definition) is 3. The van der Waals surface area contributed by atoms with Crippen LogP contribution in [-0.2, 0) is 6.54 Å². The number of imidazole rings is 1. The van der Waals surface area contributed by atoms with Crippen molar-refractivity contribution in [1.82, 2.24) is 19.4 Å². The molecule has 4 aromatic rings. The standard InChI is InChI=1S/C23H23N5O2/c1-4-27-18-8-6-5-7-17(18)25-23(27)26-21(29)16-10-9-15-11-20-22(30)24-13(2)14(3)28(20)19(15)12-16/h5-14H,4H2,1-3H3,(H,24,30)(H,25,26,29)/t13-,14+/m0/s1. The zero-order chi connectivity index (χ0) is 21.0. The highest BCUT2D eigenvalue weighted by Crippen LogP contribution is 2.30. The van der Waals surface area contributed by atoms with Gasteiger partial charge >= 0.3 is 0 Å². The van der Waals surface area contributed by atoms with Crippen LogP contribution in [0.15, 0.2) is 48.5 Å². The zero-order valence-electron chi connectivity index (χ0n) is 17.1. The van der Waals surface area contributed by atoms with E-state index in [4.69, 9.17) is 0 Å². The van der Waals surface area contributed by atoms with Gasteiger partial charge in [0, 0.05) is 29.1 Å². The van der Waals surface area contributed by atoms with Gasteiger partial charge < -0.3 is 14.5 Å². The highest BCUT2D eigenvalue weighted by atomic mass is 16.2. The first-order valence-electron chi connectivity index (χ1n) is 10.2. The summed E-state index contributed by atoms with van der Waals surface area (Å²) in [7, 11) is 0. The fraction of sp³-hybridized carbons (Fsp3) is 0.261. The summed E-state index contributed by atoms with van der Waals surface area (Å²) in [5.74, 6) is 0.222. The van der Waals surface area contributed by atoms with Crippen LogP contribution in [0.4, 0.5) is 5.95 Å². The predicted octanol–water partition coefficient (Wildman–Crippen LogP) is 3.96. The minimum atomic E-state index is -0.224. The quantitative estimate of drug-likeness (QED) is 0.545. The number of fused-ring (bicyclic) bond motifs is 4. The van der Waals surface area contributed by atoms with Gasteiger partial charge in [-0.25, -0.2) is 4.98 Å². The lowest BCUT2D eigenvalue weighted by Gasteiger charge is -2.30. The number of amides is 2. The van der Waals surface area contributed by atoms with E-state index >= 15 is 0 Å². The van der Waals surface area contributed by atoms with Gasteiger partial charge in [0.15, 0.2) is 0 Å². The minimum absolute atomic E-state index is 0.0162. The Kier molecular flexibility index (Phi) is 4.13. The van der Waals surface area contributed by atoms with Crippen LogP contribution in [0, 0.1) is 0 Å². The van der Waals surface area contributed by atoms with E-state index in [2.05, 4.69) is 22.5 Å². The lowest BCUT2D eigenvalue weighted by Crippen LogP contribution is -2.44. The molecular weight excluding hydrogens is 378 g/mol. The number of nitrogens with zero attached hydrogens (tertiary/aromatic N) is 3. The Morgan fingerprint density at radius 3 is 2.73 bits per heavy atom. The summed E-state index contributed by atoms with van der Waals surface area (Å²) in [6, 6.07) is 15.3. The largest absolute Gasteiger partial charge is 0.346 e. The smallest absolute Gasteiger partial charge is 0.268 e. The molecule has 5 rings (SSSR count). The van der Waals surface area contributed by atoms with Crippen LogP contribution in [0.3, 0.4) is 0 Å². The monoisotopic (exact) mass is 401 g/mol. The van der Waals surface area contributed by atoms with Crippen molar-refractivity contribution in [3.8, 4) is 0 Å². The van der Waals surface area contributed by atoms with Crippen molar-refractivity contribution in [3.05, 3.63) is 59.8 Å². The molecule has 2 amide bonds. The first-order chi connectivity index (χ1) is 14.5. The number of aromatic nitrogens is 3. The van der Waals surface area contributed by atoms with Gasteiger partial charge in [-0.2, -0.15) is 0 Å². The number of nitrogens with one attached hydrogen (secondary N) is 2. The maximum Gasteiger partial charge on any atom is 0.268 e. The molecule has 0 spiro atoms. The molecule has 2 N–H and O–H groups in total. The van der Waals surface area contributed by atoms with Crippen LogP contribution >= 0.6 is 0 Å². The molecule has 30 heavy (non-hydrogen) atoms. The maximum atomic E-state index is 13.0. The number of benzene rings is 2. The van der Waals surface area contributed by atoms with Gasteiger partial charge in [0.25, 0.3) is 11.8 Å². The van der Waals surface area contributed by atoms with Crippen molar-refractivity contribution in [2.24, 2.45) is 0 Å². The van der Waals surface area contributed by atoms with Crippen molar-refractivity contribution in [3.63, 3.8) is 0 Å². The summed E-state index contributed by atoms with van der Waals surface area (Å²) in [6.45, 7) is 6.79. The van der Waals surface area contributed by atoms with Crippen molar-refractivity contribution in [2.75, 3.05) is 5.32 Å². The number of carbonyl (C=O) groups excluding carboxylic acids is 2. The van der Waals surface area contributed by atoms with E-state index in [9.17, 15) is 9.59 Å². The van der Waals surface area contributed by atoms with E-state index in [0.29, 0.717) is 23.8 Å². The summed E-state index contributed by atoms with van der Waals surface area (Å²) >= 11 is 0. The second-order valence-electron chi connectivity index (χ2n) is 7.80. The lowest BCUT2D eigenvalue weighted by molar-refractivity contribution is 0.0891. The first kappa shape index (κ1) is 18.4. The third-order valence-corrected chi connectivity index (χ3v) is 6.02. The molecule has 152 valence electrons. The van der Waals surface area contributed by atoms with Crippen molar-refractivity contribution in [1.29, 1.82) is 0 Å². The van der Waals surface area contributed by atoms with Gasteiger partial charge in [-0.3, -0.25) is 14.9 Å². The number of hydrogen-bond donors (Lipinski definition) is 2. The van der Waals surface area contributed by atoms with E-state index < -0.39 is 0 Å². The third-order valence-electron chi connectivity index (χ3n) is 6.02. The highest BCUT2D eigenvalue weighted by molar-refractivity contribution is 6.07. The second kappa shape index (κ2) is 6.73. The molecule has 0 fully saturated rings. The van der Waals surface area contributed by atoms with Gasteiger partial charge in [0.2, 0.25) is 5.95 Å². The van der Waals surface area contributed by atoms with E-state index in [1.54, 1.807) is 6.07 Å². The van der Waals surface area contributed by atoms with Crippen LogP contribution in [0.2, 0.25) is 0 Å². The summed E-state index contributed by atoms with van der Waals surface area (Å²) in [4.78, 5) is 30.0. The first-order valence-corrected chi connectivity index (χ1v) is 10.2. The molecule has 7 heteroatoms. The number of anilines is 1. The Labute approximate surface area is 173 Å². The van der Waals surface area contributed by atoms with Crippen LogP contribution < -0.4 is 10.6 Å². The Balaban J connectivity index is 1.54. The predicted molar refractivity (Wildman–Crippen MR) is 117 cm³/mol. The molecule has 7 nitrogen and oxygen atoms in total. The average molecular weight is 401 g/mol. The summed E-state index contributed by atoms with van der Waals surface area (Å²) < 4.78 is 4.01. The minimum Gasteiger partial charge on any atom is -0.346 e. The molecule has 2 atom stereocenters. The van der Waals surface area contributed by atoms with Gasteiger partial charge in [0.1, 0.15) is 5.69 Å². The number of carbonyl (C=O) groups is 2. The van der Waals surface area contributed by atoms with Crippen molar-refractivity contribution in [2.45, 2.75) is 39.4 Å². The fourth-order valence-corrected chi connectivity index (χ4v) is 4.27. The number of para-hydroxylation sites is 2. The molecule has 2 aromatic carbocycles. The van der Waals surface area contributed by atoms with Crippen LogP contribution in [0.5, 0.6) is 0 Å². The third kappa shape index (κ3) is 2.69. The number of rotatable bonds is 3. The Morgan fingerprint density at radius 1 is 1.13 bits per heavy atom. The van der Waals surface area contributed by atoms with Gasteiger partial charge in [-0.1, -0.05) is 18.2 Å². The molecule has 0 unspecified atom stereocenters.